The third-order valence-corrected chi connectivity index (χ3v) is 2.75. The standard InChI is InChI=1S/C12H21NO4/c1-8-6-7-9(10(14)16-5)13(8)11(15)17-12(2,3)4/h8-9H,6-7H2,1-5H3. The normalized spacial score (nSPS) is 24.6. The zero-order valence-electron chi connectivity index (χ0n) is 11.1. The highest BCUT2D eigenvalue weighted by Gasteiger charge is 2.41. The van der Waals surface area contributed by atoms with Crippen molar-refractivity contribution in [3.63, 3.8) is 0 Å². The van der Waals surface area contributed by atoms with E-state index in [1.54, 1.807) is 20.8 Å². The molecular formula is C12H21NO4. The Labute approximate surface area is 102 Å². The number of likely N-dealkylation sites (tertiary alicyclic amines) is 1. The van der Waals surface area contributed by atoms with Gasteiger partial charge < -0.3 is 9.47 Å². The lowest BCUT2D eigenvalue weighted by atomic mass is 10.2. The van der Waals surface area contributed by atoms with E-state index < -0.39 is 17.7 Å². The van der Waals surface area contributed by atoms with Crippen LogP contribution in [0, 0.1) is 0 Å². The Morgan fingerprint density at radius 3 is 2.29 bits per heavy atom. The Bertz CT molecular complexity index is 308. The van der Waals surface area contributed by atoms with Gasteiger partial charge in [0.25, 0.3) is 0 Å². The number of esters is 1. The van der Waals surface area contributed by atoms with E-state index in [4.69, 9.17) is 9.47 Å². The summed E-state index contributed by atoms with van der Waals surface area (Å²) < 4.78 is 10.0. The van der Waals surface area contributed by atoms with E-state index in [1.165, 1.54) is 12.0 Å². The molecule has 1 saturated heterocycles. The van der Waals surface area contributed by atoms with Gasteiger partial charge in [0.1, 0.15) is 11.6 Å². The number of amides is 1. The molecule has 5 nitrogen and oxygen atoms in total. The average Bonchev–Trinajstić information content (AvgIpc) is 2.56. The summed E-state index contributed by atoms with van der Waals surface area (Å²) in [6, 6.07) is -0.501. The number of hydrogen-bond acceptors (Lipinski definition) is 4. The van der Waals surface area contributed by atoms with Crippen LogP contribution in [0.1, 0.15) is 40.5 Å². The Morgan fingerprint density at radius 2 is 1.82 bits per heavy atom. The van der Waals surface area contributed by atoms with Crippen molar-refractivity contribution in [2.45, 2.75) is 58.2 Å². The van der Waals surface area contributed by atoms with Gasteiger partial charge in [0.15, 0.2) is 0 Å². The second kappa shape index (κ2) is 4.94. The minimum atomic E-state index is -0.555. The largest absolute Gasteiger partial charge is 0.467 e. The number of carbonyl (C=O) groups is 2. The first-order valence-corrected chi connectivity index (χ1v) is 5.85. The zero-order valence-corrected chi connectivity index (χ0v) is 11.1. The molecule has 1 aliphatic heterocycles. The quantitative estimate of drug-likeness (QED) is 0.660. The smallest absolute Gasteiger partial charge is 0.411 e. The highest BCUT2D eigenvalue weighted by molar-refractivity contribution is 5.82. The fourth-order valence-electron chi connectivity index (χ4n) is 1.97. The van der Waals surface area contributed by atoms with Crippen molar-refractivity contribution >= 4 is 12.1 Å². The van der Waals surface area contributed by atoms with Gasteiger partial charge in [-0.1, -0.05) is 0 Å². The molecule has 2 atom stereocenters. The number of hydrogen-bond donors (Lipinski definition) is 0. The Hall–Kier alpha value is -1.26. The average molecular weight is 243 g/mol. The van der Waals surface area contributed by atoms with Crippen LogP contribution in [0.25, 0.3) is 0 Å². The number of nitrogens with zero attached hydrogens (tertiary/aromatic N) is 1. The molecule has 0 aromatic rings. The van der Waals surface area contributed by atoms with Gasteiger partial charge in [0.2, 0.25) is 0 Å². The highest BCUT2D eigenvalue weighted by atomic mass is 16.6. The molecule has 0 bridgehead atoms. The molecule has 2 unspecified atom stereocenters. The molecule has 1 rings (SSSR count). The first-order chi connectivity index (χ1) is 7.76. The maximum atomic E-state index is 12.0. The van der Waals surface area contributed by atoms with Crippen LogP contribution < -0.4 is 0 Å². The molecule has 1 aliphatic rings. The topological polar surface area (TPSA) is 55.8 Å². The SMILES string of the molecule is COC(=O)C1CCC(C)N1C(=O)OC(C)(C)C. The van der Waals surface area contributed by atoms with Crippen molar-refractivity contribution in [1.82, 2.24) is 4.90 Å². The van der Waals surface area contributed by atoms with Crippen LogP contribution in [-0.2, 0) is 14.3 Å². The molecule has 1 fully saturated rings. The van der Waals surface area contributed by atoms with E-state index in [9.17, 15) is 9.59 Å². The molecule has 1 amide bonds. The van der Waals surface area contributed by atoms with E-state index in [0.717, 1.165) is 6.42 Å². The molecule has 0 radical (unpaired) electrons. The maximum Gasteiger partial charge on any atom is 0.411 e. The lowest BCUT2D eigenvalue weighted by Gasteiger charge is -2.30. The minimum Gasteiger partial charge on any atom is -0.467 e. The van der Waals surface area contributed by atoms with E-state index in [-0.39, 0.29) is 12.0 Å². The van der Waals surface area contributed by atoms with Crippen molar-refractivity contribution in [3.05, 3.63) is 0 Å². The fourth-order valence-corrected chi connectivity index (χ4v) is 1.97. The predicted octanol–water partition coefficient (Wildman–Crippen LogP) is 1.95. The van der Waals surface area contributed by atoms with Gasteiger partial charge in [0, 0.05) is 6.04 Å². The summed E-state index contributed by atoms with van der Waals surface area (Å²) in [6.07, 6.45) is 0.976. The molecule has 0 spiro atoms. The van der Waals surface area contributed by atoms with E-state index >= 15 is 0 Å². The van der Waals surface area contributed by atoms with Gasteiger partial charge >= 0.3 is 12.1 Å². The summed E-state index contributed by atoms with van der Waals surface area (Å²) in [5.74, 6) is -0.375. The predicted molar refractivity (Wildman–Crippen MR) is 62.6 cm³/mol. The van der Waals surface area contributed by atoms with Gasteiger partial charge in [-0.25, -0.2) is 9.59 Å². The molecule has 1 heterocycles. The van der Waals surface area contributed by atoms with Crippen LogP contribution in [0.3, 0.4) is 0 Å². The summed E-state index contributed by atoms with van der Waals surface area (Å²) >= 11 is 0. The van der Waals surface area contributed by atoms with Gasteiger partial charge in [-0.15, -0.1) is 0 Å². The van der Waals surface area contributed by atoms with Crippen LogP contribution in [-0.4, -0.2) is 41.8 Å². The number of methoxy groups -OCH3 is 1. The third-order valence-electron chi connectivity index (χ3n) is 2.75. The second-order valence-electron chi connectivity index (χ2n) is 5.35. The van der Waals surface area contributed by atoms with Crippen molar-refractivity contribution in [2.24, 2.45) is 0 Å². The van der Waals surface area contributed by atoms with Crippen LogP contribution in [0.2, 0.25) is 0 Å². The zero-order chi connectivity index (χ0) is 13.2. The van der Waals surface area contributed by atoms with Crippen LogP contribution in [0.4, 0.5) is 4.79 Å². The molecule has 0 N–H and O–H groups in total. The van der Waals surface area contributed by atoms with Crippen molar-refractivity contribution in [3.8, 4) is 0 Å². The maximum absolute atomic E-state index is 12.0. The monoisotopic (exact) mass is 243 g/mol. The van der Waals surface area contributed by atoms with Gasteiger partial charge in [-0.05, 0) is 40.5 Å². The number of rotatable bonds is 1. The van der Waals surface area contributed by atoms with Gasteiger partial charge in [-0.2, -0.15) is 0 Å². The first kappa shape index (κ1) is 13.8. The van der Waals surface area contributed by atoms with Gasteiger partial charge in [-0.3, -0.25) is 4.90 Å². The van der Waals surface area contributed by atoms with Crippen LogP contribution in [0.15, 0.2) is 0 Å². The highest BCUT2D eigenvalue weighted by Crippen LogP contribution is 2.26. The number of ether oxygens (including phenoxy) is 2. The molecule has 0 aromatic heterocycles. The molecular weight excluding hydrogens is 222 g/mol. The summed E-state index contributed by atoms with van der Waals surface area (Å²) in [6.45, 7) is 7.32. The third kappa shape index (κ3) is 3.35. The Kier molecular flexibility index (Phi) is 4.01. The molecule has 5 heteroatoms. The fraction of sp³-hybridized carbons (Fsp3) is 0.833. The Balaban J connectivity index is 2.78. The van der Waals surface area contributed by atoms with E-state index in [2.05, 4.69) is 0 Å². The lowest BCUT2D eigenvalue weighted by molar-refractivity contribution is -0.146. The van der Waals surface area contributed by atoms with E-state index in [0.29, 0.717) is 6.42 Å². The Morgan fingerprint density at radius 1 is 1.24 bits per heavy atom. The summed E-state index contributed by atoms with van der Waals surface area (Å²) in [4.78, 5) is 25.0. The van der Waals surface area contributed by atoms with Crippen molar-refractivity contribution in [1.29, 1.82) is 0 Å². The van der Waals surface area contributed by atoms with Crippen LogP contribution >= 0.6 is 0 Å². The second-order valence-corrected chi connectivity index (χ2v) is 5.35. The molecule has 0 aliphatic carbocycles. The van der Waals surface area contributed by atoms with Crippen LogP contribution in [0.5, 0.6) is 0 Å². The first-order valence-electron chi connectivity index (χ1n) is 5.85. The van der Waals surface area contributed by atoms with Crippen molar-refractivity contribution < 1.29 is 19.1 Å². The van der Waals surface area contributed by atoms with Gasteiger partial charge in [0.05, 0.1) is 7.11 Å². The number of carbonyl (C=O) groups excluding carboxylic acids is 2. The molecule has 0 saturated carbocycles. The summed E-state index contributed by atoms with van der Waals surface area (Å²) in [5.41, 5.74) is -0.555. The minimum absolute atomic E-state index is 0.00829. The molecule has 98 valence electrons. The lowest BCUT2D eigenvalue weighted by Crippen LogP contribution is -2.46. The van der Waals surface area contributed by atoms with Crippen molar-refractivity contribution in [2.75, 3.05) is 7.11 Å². The van der Waals surface area contributed by atoms with E-state index in [1.807, 2.05) is 6.92 Å². The molecule has 0 aromatic carbocycles. The summed E-state index contributed by atoms with van der Waals surface area (Å²) in [5, 5.41) is 0. The molecule has 17 heavy (non-hydrogen) atoms. The summed E-state index contributed by atoms with van der Waals surface area (Å²) in [7, 11) is 1.33.